The number of carbonyl (C=O) groups is 2. The Bertz CT molecular complexity index is 1260. The number of hydrogen-bond acceptors (Lipinski definition) is 6. The smallest absolute Gasteiger partial charge is 0.256 e. The highest BCUT2D eigenvalue weighted by molar-refractivity contribution is 7.12. The average Bonchev–Trinajstić information content (AvgIpc) is 3.37. The van der Waals surface area contributed by atoms with Gasteiger partial charge in [0.1, 0.15) is 17.0 Å². The molecule has 5 rings (SSSR count). The molecule has 8 heteroatoms. The number of aromatic amines is 1. The molecule has 1 saturated heterocycles. The van der Waals surface area contributed by atoms with Crippen LogP contribution in [-0.2, 0) is 11.8 Å². The molecule has 1 spiro atoms. The summed E-state index contributed by atoms with van der Waals surface area (Å²) in [6.45, 7) is 9.61. The predicted octanol–water partition coefficient (Wildman–Crippen LogP) is 4.69. The first-order chi connectivity index (χ1) is 15.6. The molecule has 1 aliphatic carbocycles. The second-order valence-electron chi connectivity index (χ2n) is 10.5. The van der Waals surface area contributed by atoms with Crippen molar-refractivity contribution >= 4 is 33.9 Å². The number of methoxy groups -OCH3 is 1. The van der Waals surface area contributed by atoms with Crippen molar-refractivity contribution in [2.24, 2.45) is 5.41 Å². The van der Waals surface area contributed by atoms with Crippen molar-refractivity contribution in [3.8, 4) is 5.75 Å². The SMILES string of the molecule is COc1cc(C(=O)N2CCC3(CC2)CC(=O)c2nc(C(C)(C)C)sc2C3)c2n[nH]c(C)c2c1. The van der Waals surface area contributed by atoms with E-state index >= 15 is 0 Å². The number of H-pyrrole nitrogens is 1. The fourth-order valence-electron chi connectivity index (χ4n) is 5.04. The van der Waals surface area contributed by atoms with Crippen LogP contribution in [0.5, 0.6) is 5.75 Å². The minimum Gasteiger partial charge on any atom is -0.497 e. The van der Waals surface area contributed by atoms with Gasteiger partial charge in [0.15, 0.2) is 5.78 Å². The Hall–Kier alpha value is -2.74. The third-order valence-electron chi connectivity index (χ3n) is 7.07. The number of fused-ring (bicyclic) bond motifs is 2. The summed E-state index contributed by atoms with van der Waals surface area (Å²) in [5.41, 5.74) is 2.69. The number of amides is 1. The highest BCUT2D eigenvalue weighted by Gasteiger charge is 2.44. The lowest BCUT2D eigenvalue weighted by Gasteiger charge is -2.43. The number of rotatable bonds is 2. The van der Waals surface area contributed by atoms with Crippen LogP contribution >= 0.6 is 11.3 Å². The van der Waals surface area contributed by atoms with E-state index in [0.29, 0.717) is 42.0 Å². The maximum absolute atomic E-state index is 13.5. The van der Waals surface area contributed by atoms with Crippen molar-refractivity contribution in [1.29, 1.82) is 0 Å². The number of ketones is 1. The van der Waals surface area contributed by atoms with Gasteiger partial charge in [0, 0.05) is 40.9 Å². The van der Waals surface area contributed by atoms with Gasteiger partial charge in [0.05, 0.1) is 17.7 Å². The number of thiazole rings is 1. The minimum atomic E-state index is -0.0742. The number of hydrogen-bond donors (Lipinski definition) is 1. The topological polar surface area (TPSA) is 88.2 Å². The van der Waals surface area contributed by atoms with Crippen molar-refractivity contribution in [3.05, 3.63) is 39.0 Å². The molecule has 33 heavy (non-hydrogen) atoms. The van der Waals surface area contributed by atoms with Crippen LogP contribution in [0.1, 0.15) is 76.5 Å². The fourth-order valence-corrected chi connectivity index (χ4v) is 6.35. The zero-order valence-corrected chi connectivity index (χ0v) is 20.7. The van der Waals surface area contributed by atoms with Crippen molar-refractivity contribution in [2.75, 3.05) is 20.2 Å². The van der Waals surface area contributed by atoms with Crippen LogP contribution in [-0.4, -0.2) is 52.0 Å². The van der Waals surface area contributed by atoms with Crippen molar-refractivity contribution in [1.82, 2.24) is 20.1 Å². The van der Waals surface area contributed by atoms with Crippen LogP contribution in [0.2, 0.25) is 0 Å². The summed E-state index contributed by atoms with van der Waals surface area (Å²) in [4.78, 5) is 34.2. The van der Waals surface area contributed by atoms with E-state index < -0.39 is 0 Å². The third kappa shape index (κ3) is 3.74. The molecule has 1 N–H and O–H groups in total. The molecule has 1 amide bonds. The summed E-state index contributed by atoms with van der Waals surface area (Å²) in [7, 11) is 1.61. The van der Waals surface area contributed by atoms with Gasteiger partial charge in [-0.15, -0.1) is 11.3 Å². The van der Waals surface area contributed by atoms with Gasteiger partial charge in [0.2, 0.25) is 0 Å². The molecular weight excluding hydrogens is 436 g/mol. The van der Waals surface area contributed by atoms with E-state index in [1.807, 2.05) is 17.9 Å². The molecule has 3 aromatic rings. The lowest BCUT2D eigenvalue weighted by atomic mass is 9.68. The summed E-state index contributed by atoms with van der Waals surface area (Å²) in [5.74, 6) is 0.772. The first kappa shape index (κ1) is 22.1. The normalized spacial score (nSPS) is 18.1. The molecule has 0 saturated carbocycles. The number of benzene rings is 1. The molecule has 0 atom stereocenters. The molecule has 0 radical (unpaired) electrons. The maximum atomic E-state index is 13.5. The first-order valence-electron chi connectivity index (χ1n) is 11.5. The lowest BCUT2D eigenvalue weighted by Crippen LogP contribution is -2.46. The standard InChI is InChI=1S/C25H30N4O3S/c1-14-16-10-15(32-5)11-17(20(16)28-27-14)22(31)29-8-6-25(7-9-29)12-18(30)21-19(13-25)33-23(26-21)24(2,3)4/h10-11H,6-9,12-13H2,1-5H3,(H,27,28). The number of aromatic nitrogens is 3. The molecule has 7 nitrogen and oxygen atoms in total. The Morgan fingerprint density at radius 2 is 1.94 bits per heavy atom. The maximum Gasteiger partial charge on any atom is 0.256 e. The molecule has 3 heterocycles. The van der Waals surface area contributed by atoms with Gasteiger partial charge in [0.25, 0.3) is 5.91 Å². The van der Waals surface area contributed by atoms with Crippen LogP contribution in [0.25, 0.3) is 10.9 Å². The summed E-state index contributed by atoms with van der Waals surface area (Å²) in [6.07, 6.45) is 3.04. The van der Waals surface area contributed by atoms with Crippen LogP contribution in [0, 0.1) is 12.3 Å². The van der Waals surface area contributed by atoms with Gasteiger partial charge >= 0.3 is 0 Å². The first-order valence-corrected chi connectivity index (χ1v) is 12.3. The predicted molar refractivity (Wildman–Crippen MR) is 128 cm³/mol. The molecule has 1 fully saturated rings. The number of Topliss-reactive ketones (excluding diaryl/α,β-unsaturated/α-hetero) is 1. The quantitative estimate of drug-likeness (QED) is 0.592. The van der Waals surface area contributed by atoms with Gasteiger partial charge in [-0.3, -0.25) is 14.7 Å². The molecule has 2 aliphatic rings. The molecule has 2 aromatic heterocycles. The van der Waals surface area contributed by atoms with E-state index in [4.69, 9.17) is 9.72 Å². The fraction of sp³-hybridized carbons (Fsp3) is 0.520. The number of nitrogens with zero attached hydrogens (tertiary/aromatic N) is 3. The average molecular weight is 467 g/mol. The molecule has 174 valence electrons. The van der Waals surface area contributed by atoms with E-state index in [9.17, 15) is 9.59 Å². The van der Waals surface area contributed by atoms with Gasteiger partial charge in [-0.25, -0.2) is 4.98 Å². The monoisotopic (exact) mass is 466 g/mol. The Balaban J connectivity index is 1.37. The van der Waals surface area contributed by atoms with Gasteiger partial charge < -0.3 is 9.64 Å². The lowest BCUT2D eigenvalue weighted by molar-refractivity contribution is 0.0523. The molecule has 1 aromatic carbocycles. The third-order valence-corrected chi connectivity index (χ3v) is 8.56. The summed E-state index contributed by atoms with van der Waals surface area (Å²) < 4.78 is 5.43. The van der Waals surface area contributed by atoms with Gasteiger partial charge in [-0.05, 0) is 43.7 Å². The number of carbonyl (C=O) groups excluding carboxylic acids is 2. The number of piperidine rings is 1. The van der Waals surface area contributed by atoms with Crippen molar-refractivity contribution in [3.63, 3.8) is 0 Å². The van der Waals surface area contributed by atoms with Gasteiger partial charge in [-0.1, -0.05) is 20.8 Å². The summed E-state index contributed by atoms with van der Waals surface area (Å²) in [6, 6.07) is 3.68. The van der Waals surface area contributed by atoms with Crippen LogP contribution in [0.4, 0.5) is 0 Å². The number of nitrogens with one attached hydrogen (secondary N) is 1. The van der Waals surface area contributed by atoms with E-state index in [1.165, 1.54) is 0 Å². The Kier molecular flexibility index (Phi) is 5.12. The molecule has 0 unspecified atom stereocenters. The van der Waals surface area contributed by atoms with Crippen LogP contribution in [0.3, 0.4) is 0 Å². The second kappa shape index (κ2) is 7.65. The molecule has 0 bridgehead atoms. The van der Waals surface area contributed by atoms with Crippen molar-refractivity contribution < 1.29 is 14.3 Å². The summed E-state index contributed by atoms with van der Waals surface area (Å²) >= 11 is 1.69. The highest BCUT2D eigenvalue weighted by atomic mass is 32.1. The zero-order valence-electron chi connectivity index (χ0n) is 19.9. The molecular formula is C25H30N4O3S. The van der Waals surface area contributed by atoms with E-state index in [1.54, 1.807) is 24.5 Å². The van der Waals surface area contributed by atoms with Gasteiger partial charge in [-0.2, -0.15) is 5.10 Å². The second-order valence-corrected chi connectivity index (χ2v) is 11.6. The van der Waals surface area contributed by atoms with Crippen LogP contribution < -0.4 is 4.74 Å². The number of ether oxygens (including phenoxy) is 1. The minimum absolute atomic E-state index is 0.0316. The van der Waals surface area contributed by atoms with E-state index in [-0.39, 0.29) is 22.5 Å². The zero-order chi connectivity index (χ0) is 23.5. The van der Waals surface area contributed by atoms with E-state index in [0.717, 1.165) is 40.2 Å². The van der Waals surface area contributed by atoms with Crippen LogP contribution in [0.15, 0.2) is 12.1 Å². The van der Waals surface area contributed by atoms with E-state index in [2.05, 4.69) is 31.0 Å². The Morgan fingerprint density at radius 3 is 2.61 bits per heavy atom. The largest absolute Gasteiger partial charge is 0.497 e. The number of aryl methyl sites for hydroxylation is 1. The number of likely N-dealkylation sites (tertiary alicyclic amines) is 1. The highest BCUT2D eigenvalue weighted by Crippen LogP contribution is 2.46. The van der Waals surface area contributed by atoms with Crippen molar-refractivity contribution in [2.45, 2.75) is 58.8 Å². The summed E-state index contributed by atoms with van der Waals surface area (Å²) in [5, 5.41) is 9.28. The molecule has 1 aliphatic heterocycles. The Labute approximate surface area is 197 Å². The Morgan fingerprint density at radius 1 is 1.21 bits per heavy atom.